The van der Waals surface area contributed by atoms with Crippen LogP contribution in [-0.4, -0.2) is 27.2 Å². The van der Waals surface area contributed by atoms with E-state index in [0.717, 1.165) is 11.1 Å². The lowest BCUT2D eigenvalue weighted by atomic mass is 10.1. The zero-order valence-electron chi connectivity index (χ0n) is 18.0. The second kappa shape index (κ2) is 8.45. The Bertz CT molecular complexity index is 1540. The maximum absolute atomic E-state index is 13.4. The zero-order valence-corrected chi connectivity index (χ0v) is 18.8. The Morgan fingerprint density at radius 1 is 1.09 bits per heavy atom. The van der Waals surface area contributed by atoms with E-state index in [0.29, 0.717) is 39.0 Å². The molecular weight excluding hydrogens is 452 g/mol. The van der Waals surface area contributed by atoms with E-state index < -0.39 is 4.92 Å². The number of thiazole rings is 1. The number of ketones is 1. The number of pyridine rings is 1. The third-order valence-corrected chi connectivity index (χ3v) is 6.40. The van der Waals surface area contributed by atoms with Gasteiger partial charge in [-0.05, 0) is 48.5 Å². The van der Waals surface area contributed by atoms with E-state index in [1.807, 2.05) is 23.6 Å². The monoisotopic (exact) mass is 470 g/mol. The first-order valence-electron chi connectivity index (χ1n) is 10.3. The van der Waals surface area contributed by atoms with E-state index in [2.05, 4.69) is 0 Å². The lowest BCUT2D eigenvalue weighted by Gasteiger charge is -2.05. The van der Waals surface area contributed by atoms with Gasteiger partial charge >= 0.3 is 0 Å². The summed E-state index contributed by atoms with van der Waals surface area (Å²) >= 11 is 1.40. The average molecular weight is 471 g/mol. The van der Waals surface area contributed by atoms with Crippen molar-refractivity contribution in [2.24, 2.45) is 0 Å². The third kappa shape index (κ3) is 3.57. The molecular formula is C25H18N4O4S. The Balaban J connectivity index is 1.59. The van der Waals surface area contributed by atoms with Gasteiger partial charge in [0.25, 0.3) is 5.69 Å². The zero-order chi connectivity index (χ0) is 23.8. The first-order chi connectivity index (χ1) is 16.5. The molecule has 0 saturated heterocycles. The van der Waals surface area contributed by atoms with E-state index in [9.17, 15) is 14.9 Å². The van der Waals surface area contributed by atoms with Gasteiger partial charge in [-0.3, -0.25) is 14.9 Å². The summed E-state index contributed by atoms with van der Waals surface area (Å²) in [6.07, 6.45) is 1.80. The van der Waals surface area contributed by atoms with Gasteiger partial charge < -0.3 is 14.9 Å². The van der Waals surface area contributed by atoms with Crippen molar-refractivity contribution < 1.29 is 14.5 Å². The maximum atomic E-state index is 13.4. The van der Waals surface area contributed by atoms with Crippen molar-refractivity contribution in [2.75, 3.05) is 12.8 Å². The third-order valence-electron chi connectivity index (χ3n) is 5.54. The Labute approximate surface area is 198 Å². The largest absolute Gasteiger partial charge is 0.497 e. The van der Waals surface area contributed by atoms with Gasteiger partial charge in [0.1, 0.15) is 16.5 Å². The minimum absolute atomic E-state index is 0.0172. The number of methoxy groups -OCH3 is 1. The van der Waals surface area contributed by atoms with E-state index in [-0.39, 0.29) is 11.5 Å². The van der Waals surface area contributed by atoms with Gasteiger partial charge in [0.05, 0.1) is 34.5 Å². The molecule has 0 spiro atoms. The summed E-state index contributed by atoms with van der Waals surface area (Å²) in [6, 6.07) is 18.7. The SMILES string of the molecule is COc1ccc(C(=O)c2c(N)c(-c3nc(-c4ccc([N+](=O)[O-])cc4)cs3)c3ccccn23)cc1. The van der Waals surface area contributed by atoms with Crippen LogP contribution in [0.25, 0.3) is 27.3 Å². The highest BCUT2D eigenvalue weighted by Crippen LogP contribution is 2.39. The molecule has 0 saturated carbocycles. The normalized spacial score (nSPS) is 11.0. The van der Waals surface area contributed by atoms with Crippen LogP contribution in [0.1, 0.15) is 16.1 Å². The number of nitrogen functional groups attached to an aromatic ring is 1. The van der Waals surface area contributed by atoms with Crippen LogP contribution in [0.15, 0.2) is 78.3 Å². The van der Waals surface area contributed by atoms with Crippen LogP contribution >= 0.6 is 11.3 Å². The molecule has 2 N–H and O–H groups in total. The standard InChI is InChI=1S/C25H18N4O4S/c1-33-18-11-7-16(8-12-18)24(30)23-22(26)21(20-4-2-3-13-28(20)23)25-27-19(14-34-25)15-5-9-17(10-6-15)29(31)32/h2-14H,26H2,1H3. The van der Waals surface area contributed by atoms with E-state index in [1.54, 1.807) is 54.1 Å². The minimum atomic E-state index is -0.439. The topological polar surface area (TPSA) is 113 Å². The van der Waals surface area contributed by atoms with Crippen LogP contribution in [-0.2, 0) is 0 Å². The number of aromatic nitrogens is 2. The molecule has 0 atom stereocenters. The summed E-state index contributed by atoms with van der Waals surface area (Å²) in [5.41, 5.74) is 10.7. The summed E-state index contributed by atoms with van der Waals surface area (Å²) in [4.78, 5) is 28.7. The second-order valence-corrected chi connectivity index (χ2v) is 8.35. The molecule has 5 aromatic rings. The Morgan fingerprint density at radius 3 is 2.50 bits per heavy atom. The van der Waals surface area contributed by atoms with Crippen LogP contribution in [0.2, 0.25) is 0 Å². The number of nitro groups is 1. The molecule has 0 aliphatic carbocycles. The molecule has 3 heterocycles. The number of non-ortho nitro benzene ring substituents is 1. The van der Waals surface area contributed by atoms with E-state index in [4.69, 9.17) is 15.5 Å². The molecule has 9 heteroatoms. The van der Waals surface area contributed by atoms with Gasteiger partial charge in [-0.2, -0.15) is 0 Å². The maximum Gasteiger partial charge on any atom is 0.269 e. The van der Waals surface area contributed by atoms with Crippen LogP contribution in [0, 0.1) is 10.1 Å². The number of fused-ring (bicyclic) bond motifs is 1. The number of nitrogens with two attached hydrogens (primary N) is 1. The fraction of sp³-hybridized carbons (Fsp3) is 0.0400. The average Bonchev–Trinajstić information content (AvgIpc) is 3.45. The molecule has 0 amide bonds. The summed E-state index contributed by atoms with van der Waals surface area (Å²) < 4.78 is 6.97. The molecule has 0 aliphatic rings. The van der Waals surface area contributed by atoms with Gasteiger partial charge in [-0.15, -0.1) is 11.3 Å². The summed E-state index contributed by atoms with van der Waals surface area (Å²) in [7, 11) is 1.57. The van der Waals surface area contributed by atoms with Gasteiger partial charge in [0.2, 0.25) is 5.78 Å². The highest BCUT2D eigenvalue weighted by molar-refractivity contribution is 7.13. The number of benzene rings is 2. The molecule has 5 rings (SSSR count). The molecule has 8 nitrogen and oxygen atoms in total. The van der Waals surface area contributed by atoms with Gasteiger partial charge in [-0.25, -0.2) is 4.98 Å². The Kier molecular flexibility index (Phi) is 5.31. The highest BCUT2D eigenvalue weighted by Gasteiger charge is 2.25. The van der Waals surface area contributed by atoms with Crippen molar-refractivity contribution in [3.63, 3.8) is 0 Å². The number of anilines is 1. The molecule has 168 valence electrons. The summed E-state index contributed by atoms with van der Waals surface area (Å²) in [5, 5.41) is 13.5. The lowest BCUT2D eigenvalue weighted by Crippen LogP contribution is -2.08. The summed E-state index contributed by atoms with van der Waals surface area (Å²) in [5.74, 6) is 0.450. The Hall–Kier alpha value is -4.50. The smallest absolute Gasteiger partial charge is 0.269 e. The van der Waals surface area contributed by atoms with Crippen molar-refractivity contribution in [1.29, 1.82) is 0 Å². The second-order valence-electron chi connectivity index (χ2n) is 7.49. The number of hydrogen-bond acceptors (Lipinski definition) is 7. The number of hydrogen-bond donors (Lipinski definition) is 1. The van der Waals surface area contributed by atoms with Crippen LogP contribution < -0.4 is 10.5 Å². The van der Waals surface area contributed by atoms with Gasteiger partial charge in [0.15, 0.2) is 0 Å². The number of carbonyl (C=O) groups is 1. The predicted molar refractivity (Wildman–Crippen MR) is 131 cm³/mol. The molecule has 3 aromatic heterocycles. The number of rotatable bonds is 6. The van der Waals surface area contributed by atoms with Crippen molar-refractivity contribution in [2.45, 2.75) is 0 Å². The van der Waals surface area contributed by atoms with Gasteiger partial charge in [0, 0.05) is 34.8 Å². The molecule has 0 fully saturated rings. The lowest BCUT2D eigenvalue weighted by molar-refractivity contribution is -0.384. The first-order valence-corrected chi connectivity index (χ1v) is 11.1. The van der Waals surface area contributed by atoms with Crippen molar-refractivity contribution >= 4 is 34.0 Å². The predicted octanol–water partition coefficient (Wildman–Crippen LogP) is 5.46. The van der Waals surface area contributed by atoms with Crippen LogP contribution in [0.5, 0.6) is 5.75 Å². The van der Waals surface area contributed by atoms with E-state index >= 15 is 0 Å². The fourth-order valence-electron chi connectivity index (χ4n) is 3.84. The number of carbonyl (C=O) groups excluding carboxylic acids is 1. The quantitative estimate of drug-likeness (QED) is 0.200. The van der Waals surface area contributed by atoms with Crippen LogP contribution in [0.4, 0.5) is 11.4 Å². The first kappa shape index (κ1) is 21.4. The minimum Gasteiger partial charge on any atom is -0.497 e. The molecule has 0 radical (unpaired) electrons. The number of nitrogens with zero attached hydrogens (tertiary/aromatic N) is 3. The summed E-state index contributed by atoms with van der Waals surface area (Å²) in [6.45, 7) is 0. The van der Waals surface area contributed by atoms with Crippen molar-refractivity contribution in [1.82, 2.24) is 9.38 Å². The Morgan fingerprint density at radius 2 is 1.82 bits per heavy atom. The number of nitro benzene ring substituents is 1. The van der Waals surface area contributed by atoms with Gasteiger partial charge in [-0.1, -0.05) is 6.07 Å². The molecule has 34 heavy (non-hydrogen) atoms. The highest BCUT2D eigenvalue weighted by atomic mass is 32.1. The fourth-order valence-corrected chi connectivity index (χ4v) is 4.73. The van der Waals surface area contributed by atoms with Crippen molar-refractivity contribution in [3.8, 4) is 27.6 Å². The van der Waals surface area contributed by atoms with Crippen LogP contribution in [0.3, 0.4) is 0 Å². The molecule has 2 aromatic carbocycles. The number of ether oxygens (including phenoxy) is 1. The molecule has 0 bridgehead atoms. The van der Waals surface area contributed by atoms with Crippen molar-refractivity contribution in [3.05, 3.63) is 99.7 Å². The molecule has 0 unspecified atom stereocenters. The molecule has 0 aliphatic heterocycles. The van der Waals surface area contributed by atoms with E-state index in [1.165, 1.54) is 23.5 Å².